The second-order valence-corrected chi connectivity index (χ2v) is 9.42. The molecule has 1 aliphatic rings. The molecule has 5 rings (SSSR count). The molecule has 6 nitrogen and oxygen atoms in total. The summed E-state index contributed by atoms with van der Waals surface area (Å²) in [7, 11) is -0.610. The number of sulfonamides is 1. The molecule has 0 bridgehead atoms. The Morgan fingerprint density at radius 3 is 2.26 bits per heavy atom. The molecule has 4 aromatic rings. The van der Waals surface area contributed by atoms with Gasteiger partial charge in [0.05, 0.1) is 36.9 Å². The van der Waals surface area contributed by atoms with Crippen LogP contribution in [-0.4, -0.2) is 27.2 Å². The van der Waals surface area contributed by atoms with E-state index in [2.05, 4.69) is 0 Å². The molecule has 0 unspecified atom stereocenters. The van der Waals surface area contributed by atoms with E-state index in [-0.39, 0.29) is 11.4 Å². The Kier molecular flexibility index (Phi) is 4.44. The maximum absolute atomic E-state index is 13.7. The lowest BCUT2D eigenvalue weighted by Gasteiger charge is -2.32. The molecule has 0 aliphatic carbocycles. The van der Waals surface area contributed by atoms with Crippen molar-refractivity contribution in [3.05, 3.63) is 77.9 Å². The lowest BCUT2D eigenvalue weighted by atomic mass is 10.1. The molecule has 31 heavy (non-hydrogen) atoms. The van der Waals surface area contributed by atoms with Crippen LogP contribution in [0, 0.1) is 6.92 Å². The van der Waals surface area contributed by atoms with Crippen LogP contribution in [0.15, 0.2) is 71.6 Å². The van der Waals surface area contributed by atoms with Crippen LogP contribution in [0.3, 0.4) is 0 Å². The van der Waals surface area contributed by atoms with Crippen molar-refractivity contribution >= 4 is 26.7 Å². The fourth-order valence-corrected chi connectivity index (χ4v) is 5.53. The van der Waals surface area contributed by atoms with Gasteiger partial charge < -0.3 is 9.47 Å². The van der Waals surface area contributed by atoms with Crippen LogP contribution in [0.5, 0.6) is 11.5 Å². The average molecular weight is 435 g/mol. The Hall–Kier alpha value is -3.45. The Bertz CT molecular complexity index is 1410. The number of aryl methyl sites for hydroxylation is 1. The summed E-state index contributed by atoms with van der Waals surface area (Å²) in [6.07, 6.45) is 0. The summed E-state index contributed by atoms with van der Waals surface area (Å²) < 4.78 is 41.8. The van der Waals surface area contributed by atoms with Crippen molar-refractivity contribution in [3.63, 3.8) is 0 Å². The topological polar surface area (TPSA) is 60.8 Å². The SMILES string of the molecule is COc1cc2c(cc1OC)-n1c(cc3ccccc31)N(S(=O)(=O)c1ccc(C)cc1)C2. The van der Waals surface area contributed by atoms with E-state index in [1.165, 1.54) is 4.31 Å². The maximum Gasteiger partial charge on any atom is 0.265 e. The van der Waals surface area contributed by atoms with E-state index >= 15 is 0 Å². The molecule has 7 heteroatoms. The molecule has 0 spiro atoms. The highest BCUT2D eigenvalue weighted by Crippen LogP contribution is 2.43. The summed E-state index contributed by atoms with van der Waals surface area (Å²) in [5.41, 5.74) is 3.65. The van der Waals surface area contributed by atoms with Crippen molar-refractivity contribution in [2.45, 2.75) is 18.4 Å². The van der Waals surface area contributed by atoms with Crippen molar-refractivity contribution in [1.82, 2.24) is 4.57 Å². The van der Waals surface area contributed by atoms with Gasteiger partial charge in [-0.1, -0.05) is 35.9 Å². The van der Waals surface area contributed by atoms with E-state index in [1.807, 2.05) is 66.1 Å². The van der Waals surface area contributed by atoms with Crippen LogP contribution in [0.2, 0.25) is 0 Å². The number of methoxy groups -OCH3 is 2. The predicted octanol–water partition coefficient (Wildman–Crippen LogP) is 4.67. The molecule has 158 valence electrons. The number of anilines is 1. The average Bonchev–Trinajstić information content (AvgIpc) is 3.17. The van der Waals surface area contributed by atoms with Crippen molar-refractivity contribution in [2.24, 2.45) is 0 Å². The van der Waals surface area contributed by atoms with E-state index in [1.54, 1.807) is 26.4 Å². The Morgan fingerprint density at radius 2 is 1.55 bits per heavy atom. The van der Waals surface area contributed by atoms with Crippen LogP contribution in [-0.2, 0) is 16.6 Å². The highest BCUT2D eigenvalue weighted by Gasteiger charge is 2.34. The molecule has 2 heterocycles. The molecule has 0 N–H and O–H groups in total. The summed E-state index contributed by atoms with van der Waals surface area (Å²) in [5, 5.41) is 0.962. The number of aromatic nitrogens is 1. The number of ether oxygens (including phenoxy) is 2. The summed E-state index contributed by atoms with van der Waals surface area (Å²) in [5.74, 6) is 1.76. The monoisotopic (exact) mass is 434 g/mol. The van der Waals surface area contributed by atoms with Crippen molar-refractivity contribution < 1.29 is 17.9 Å². The molecule has 3 aromatic carbocycles. The van der Waals surface area contributed by atoms with E-state index in [9.17, 15) is 8.42 Å². The minimum Gasteiger partial charge on any atom is -0.493 e. The Labute approximate surface area is 181 Å². The first-order valence-corrected chi connectivity index (χ1v) is 11.3. The lowest BCUT2D eigenvalue weighted by molar-refractivity contribution is 0.354. The fourth-order valence-electron chi connectivity index (χ4n) is 4.10. The molecule has 1 aromatic heterocycles. The zero-order valence-electron chi connectivity index (χ0n) is 17.5. The molecule has 1 aliphatic heterocycles. The third-order valence-electron chi connectivity index (χ3n) is 5.70. The minimum atomic E-state index is -3.78. The molecule has 0 amide bonds. The minimum absolute atomic E-state index is 0.197. The number of nitrogens with zero attached hydrogens (tertiary/aromatic N) is 2. The highest BCUT2D eigenvalue weighted by molar-refractivity contribution is 7.92. The maximum atomic E-state index is 13.7. The largest absolute Gasteiger partial charge is 0.493 e. The van der Waals surface area contributed by atoms with E-state index in [4.69, 9.17) is 9.47 Å². The fraction of sp³-hybridized carbons (Fsp3) is 0.167. The van der Waals surface area contributed by atoms with Gasteiger partial charge in [0.15, 0.2) is 11.5 Å². The summed E-state index contributed by atoms with van der Waals surface area (Å²) in [6, 6.07) is 20.5. The lowest BCUT2D eigenvalue weighted by Crippen LogP contribution is -2.35. The third-order valence-corrected chi connectivity index (χ3v) is 7.46. The van der Waals surface area contributed by atoms with Gasteiger partial charge in [-0.15, -0.1) is 0 Å². The second-order valence-electron chi connectivity index (χ2n) is 7.56. The summed E-state index contributed by atoms with van der Waals surface area (Å²) in [6.45, 7) is 2.13. The molecular weight excluding hydrogens is 412 g/mol. The molecule has 0 atom stereocenters. The normalized spacial score (nSPS) is 13.1. The number of benzene rings is 3. The Morgan fingerprint density at radius 1 is 0.871 bits per heavy atom. The summed E-state index contributed by atoms with van der Waals surface area (Å²) >= 11 is 0. The molecule has 0 radical (unpaired) electrons. The molecular formula is C24H22N2O4S. The highest BCUT2D eigenvalue weighted by atomic mass is 32.2. The quantitative estimate of drug-likeness (QED) is 0.469. The molecule has 0 saturated heterocycles. The number of rotatable bonds is 4. The van der Waals surface area contributed by atoms with Crippen molar-refractivity contribution in [3.8, 4) is 17.2 Å². The van der Waals surface area contributed by atoms with Gasteiger partial charge in [0, 0.05) is 17.0 Å². The second kappa shape index (κ2) is 7.06. The van der Waals surface area contributed by atoms with Crippen LogP contribution in [0.4, 0.5) is 5.82 Å². The number of hydrogen-bond acceptors (Lipinski definition) is 4. The Balaban J connectivity index is 1.79. The van der Waals surface area contributed by atoms with Crippen molar-refractivity contribution in [2.75, 3.05) is 18.5 Å². The van der Waals surface area contributed by atoms with Crippen LogP contribution in [0.1, 0.15) is 11.1 Å². The van der Waals surface area contributed by atoms with Gasteiger partial charge in [0.1, 0.15) is 5.82 Å². The smallest absolute Gasteiger partial charge is 0.265 e. The van der Waals surface area contributed by atoms with Gasteiger partial charge in [-0.05, 0) is 37.3 Å². The van der Waals surface area contributed by atoms with E-state index < -0.39 is 10.0 Å². The first kappa shape index (κ1) is 19.5. The van der Waals surface area contributed by atoms with Crippen molar-refractivity contribution in [1.29, 1.82) is 0 Å². The zero-order valence-corrected chi connectivity index (χ0v) is 18.3. The van der Waals surface area contributed by atoms with Gasteiger partial charge in [0.2, 0.25) is 0 Å². The molecule has 0 fully saturated rings. The van der Waals surface area contributed by atoms with E-state index in [0.717, 1.165) is 27.7 Å². The number of fused-ring (bicyclic) bond motifs is 5. The van der Waals surface area contributed by atoms with Gasteiger partial charge >= 0.3 is 0 Å². The summed E-state index contributed by atoms with van der Waals surface area (Å²) in [4.78, 5) is 0.263. The van der Waals surface area contributed by atoms with Gasteiger partial charge in [-0.25, -0.2) is 12.7 Å². The standard InChI is InChI=1S/C24H22N2O4S/c1-16-8-10-19(11-9-16)31(27,28)25-15-18-12-22(29-2)23(30-3)14-21(18)26-20-7-5-4-6-17(20)13-24(25)26/h4-14H,15H2,1-3H3. The first-order chi connectivity index (χ1) is 14.9. The predicted molar refractivity (Wildman–Crippen MR) is 121 cm³/mol. The third kappa shape index (κ3) is 2.96. The first-order valence-electron chi connectivity index (χ1n) is 9.89. The van der Waals surface area contributed by atoms with Crippen LogP contribution >= 0.6 is 0 Å². The molecule has 0 saturated carbocycles. The van der Waals surface area contributed by atoms with Gasteiger partial charge in [-0.3, -0.25) is 4.57 Å². The zero-order chi connectivity index (χ0) is 21.8. The number of para-hydroxylation sites is 1. The number of hydrogen-bond donors (Lipinski definition) is 0. The van der Waals surface area contributed by atoms with Crippen LogP contribution < -0.4 is 13.8 Å². The van der Waals surface area contributed by atoms with Gasteiger partial charge in [0.25, 0.3) is 10.0 Å². The van der Waals surface area contributed by atoms with E-state index in [0.29, 0.717) is 17.3 Å². The van der Waals surface area contributed by atoms with Gasteiger partial charge in [-0.2, -0.15) is 0 Å². The van der Waals surface area contributed by atoms with Crippen LogP contribution in [0.25, 0.3) is 16.6 Å².